The molecular weight excluding hydrogens is 364 g/mol. The summed E-state index contributed by atoms with van der Waals surface area (Å²) in [5.74, 6) is 0. The summed E-state index contributed by atoms with van der Waals surface area (Å²) in [4.78, 5) is 18.3. The molecule has 7 heteroatoms. The largest absolute Gasteiger partial charge is 0.312 e. The molecule has 0 fully saturated rings. The van der Waals surface area contributed by atoms with Crippen molar-refractivity contribution in [1.82, 2.24) is 9.97 Å². The number of fused-ring (bicyclic) bond motifs is 3. The average Bonchev–Trinajstić information content (AvgIpc) is 2.68. The van der Waals surface area contributed by atoms with Crippen molar-refractivity contribution in [2.75, 3.05) is 0 Å². The van der Waals surface area contributed by atoms with Gasteiger partial charge in [-0.1, -0.05) is 0 Å². The molecule has 0 unspecified atom stereocenters. The van der Waals surface area contributed by atoms with E-state index in [2.05, 4.69) is 41.8 Å². The van der Waals surface area contributed by atoms with E-state index >= 15 is 0 Å². The highest BCUT2D eigenvalue weighted by Crippen LogP contribution is 2.45. The SMILES string of the molecule is O=c1[nH]cnc2c1sc1sc(Br)c(Br)c12. The molecule has 3 rings (SSSR count). The lowest BCUT2D eigenvalue weighted by molar-refractivity contribution is 1.18. The van der Waals surface area contributed by atoms with E-state index in [9.17, 15) is 4.79 Å². The highest BCUT2D eigenvalue weighted by atomic mass is 79.9. The first-order chi connectivity index (χ1) is 7.18. The molecule has 3 heterocycles. The first kappa shape index (κ1) is 9.95. The summed E-state index contributed by atoms with van der Waals surface area (Å²) in [5, 5.41) is 1.03. The van der Waals surface area contributed by atoms with Crippen LogP contribution in [0.25, 0.3) is 19.6 Å². The molecule has 0 bridgehead atoms. The molecule has 0 radical (unpaired) electrons. The van der Waals surface area contributed by atoms with Gasteiger partial charge in [0.15, 0.2) is 0 Å². The number of nitrogens with one attached hydrogen (secondary N) is 1. The molecule has 0 saturated carbocycles. The Morgan fingerprint density at radius 2 is 2.13 bits per heavy atom. The van der Waals surface area contributed by atoms with Gasteiger partial charge in [-0.3, -0.25) is 4.79 Å². The number of aromatic amines is 1. The third kappa shape index (κ3) is 1.33. The van der Waals surface area contributed by atoms with Gasteiger partial charge < -0.3 is 4.98 Å². The molecule has 0 atom stereocenters. The van der Waals surface area contributed by atoms with Crippen molar-refractivity contribution in [3.05, 3.63) is 24.9 Å². The molecule has 0 aliphatic carbocycles. The van der Waals surface area contributed by atoms with E-state index in [1.165, 1.54) is 17.7 Å². The van der Waals surface area contributed by atoms with Gasteiger partial charge in [0.2, 0.25) is 0 Å². The van der Waals surface area contributed by atoms with E-state index in [0.717, 1.165) is 23.2 Å². The van der Waals surface area contributed by atoms with Crippen LogP contribution in [0.1, 0.15) is 0 Å². The molecule has 0 amide bonds. The monoisotopic (exact) mass is 364 g/mol. The minimum atomic E-state index is -0.0728. The lowest BCUT2D eigenvalue weighted by Crippen LogP contribution is -2.03. The average molecular weight is 366 g/mol. The molecule has 0 aliphatic rings. The summed E-state index contributed by atoms with van der Waals surface area (Å²) in [5.41, 5.74) is 0.698. The van der Waals surface area contributed by atoms with Gasteiger partial charge in [0, 0.05) is 5.39 Å². The van der Waals surface area contributed by atoms with Gasteiger partial charge in [0.25, 0.3) is 5.56 Å². The number of nitrogens with zero attached hydrogens (tertiary/aromatic N) is 1. The van der Waals surface area contributed by atoms with Crippen LogP contribution in [-0.4, -0.2) is 9.97 Å². The van der Waals surface area contributed by atoms with Crippen LogP contribution in [0.3, 0.4) is 0 Å². The fourth-order valence-corrected chi connectivity index (χ4v) is 5.50. The summed E-state index contributed by atoms with van der Waals surface area (Å²) >= 11 is 10.0. The van der Waals surface area contributed by atoms with E-state index in [4.69, 9.17) is 0 Å². The highest BCUT2D eigenvalue weighted by Gasteiger charge is 2.16. The maximum absolute atomic E-state index is 11.5. The number of rotatable bonds is 0. The maximum atomic E-state index is 11.5. The number of aromatic nitrogens is 2. The number of H-pyrrole nitrogens is 1. The fourth-order valence-electron chi connectivity index (χ4n) is 1.39. The van der Waals surface area contributed by atoms with Crippen LogP contribution < -0.4 is 5.56 Å². The molecule has 0 spiro atoms. The molecule has 0 saturated heterocycles. The van der Waals surface area contributed by atoms with E-state index in [1.807, 2.05) is 0 Å². The van der Waals surface area contributed by atoms with E-state index < -0.39 is 0 Å². The number of hydrogen-bond donors (Lipinski definition) is 1. The summed E-state index contributed by atoms with van der Waals surface area (Å²) < 4.78 is 3.81. The minimum absolute atomic E-state index is 0.0728. The van der Waals surface area contributed by atoms with E-state index in [0.29, 0.717) is 4.70 Å². The lowest BCUT2D eigenvalue weighted by atomic mass is 10.3. The summed E-state index contributed by atoms with van der Waals surface area (Å²) in [6.45, 7) is 0. The van der Waals surface area contributed by atoms with Crippen LogP contribution in [0.15, 0.2) is 19.4 Å². The number of thiophene rings is 2. The van der Waals surface area contributed by atoms with Crippen molar-refractivity contribution in [2.45, 2.75) is 0 Å². The second kappa shape index (κ2) is 3.38. The Hall–Kier alpha value is -0.240. The minimum Gasteiger partial charge on any atom is -0.312 e. The van der Waals surface area contributed by atoms with Gasteiger partial charge in [-0.15, -0.1) is 22.7 Å². The maximum Gasteiger partial charge on any atom is 0.268 e. The first-order valence-electron chi connectivity index (χ1n) is 3.92. The van der Waals surface area contributed by atoms with E-state index in [-0.39, 0.29) is 5.56 Å². The standard InChI is InChI=1S/C8H2Br2N2OS2/c9-3-2-4-5(7(13)12-1-11-4)14-8(2)15-6(3)10/h1H,(H,11,12,13). The van der Waals surface area contributed by atoms with Gasteiger partial charge in [0.1, 0.15) is 4.70 Å². The first-order valence-corrected chi connectivity index (χ1v) is 7.14. The third-order valence-electron chi connectivity index (χ3n) is 2.02. The van der Waals surface area contributed by atoms with Crippen LogP contribution >= 0.6 is 54.5 Å². The van der Waals surface area contributed by atoms with Crippen LogP contribution in [0.2, 0.25) is 0 Å². The second-order valence-corrected chi connectivity index (χ2v) is 7.27. The molecule has 76 valence electrons. The Morgan fingerprint density at radius 3 is 2.93 bits per heavy atom. The zero-order chi connectivity index (χ0) is 10.6. The number of hydrogen-bond acceptors (Lipinski definition) is 4. The van der Waals surface area contributed by atoms with Crippen LogP contribution in [-0.2, 0) is 0 Å². The normalized spacial score (nSPS) is 11.6. The van der Waals surface area contributed by atoms with Crippen molar-refractivity contribution in [3.63, 3.8) is 0 Å². The topological polar surface area (TPSA) is 45.8 Å². The second-order valence-electron chi connectivity index (χ2n) is 2.86. The van der Waals surface area contributed by atoms with Crippen molar-refractivity contribution in [2.24, 2.45) is 0 Å². The quantitative estimate of drug-likeness (QED) is 0.659. The highest BCUT2D eigenvalue weighted by molar-refractivity contribution is 9.13. The third-order valence-corrected chi connectivity index (χ3v) is 6.74. The summed E-state index contributed by atoms with van der Waals surface area (Å²) in [6.07, 6.45) is 1.44. The van der Waals surface area contributed by atoms with Gasteiger partial charge in [-0.05, 0) is 31.9 Å². The van der Waals surface area contributed by atoms with Gasteiger partial charge in [-0.25, -0.2) is 4.98 Å². The molecular formula is C8H2Br2N2OS2. The molecule has 15 heavy (non-hydrogen) atoms. The van der Waals surface area contributed by atoms with Gasteiger partial charge in [-0.2, -0.15) is 0 Å². The Morgan fingerprint density at radius 1 is 1.33 bits per heavy atom. The number of halogens is 2. The van der Waals surface area contributed by atoms with Crippen LogP contribution in [0.4, 0.5) is 0 Å². The molecule has 1 N–H and O–H groups in total. The van der Waals surface area contributed by atoms with Crippen molar-refractivity contribution in [1.29, 1.82) is 0 Å². The smallest absolute Gasteiger partial charge is 0.268 e. The van der Waals surface area contributed by atoms with Crippen molar-refractivity contribution >= 4 is 74.1 Å². The predicted molar refractivity (Wildman–Crippen MR) is 71.0 cm³/mol. The molecule has 0 aliphatic heterocycles. The van der Waals surface area contributed by atoms with Crippen LogP contribution in [0.5, 0.6) is 0 Å². The molecule has 3 aromatic rings. The Bertz CT molecular complexity index is 727. The van der Waals surface area contributed by atoms with Gasteiger partial charge >= 0.3 is 0 Å². The Balaban J connectivity index is 2.68. The molecule has 0 aromatic carbocycles. The molecule has 3 aromatic heterocycles. The fraction of sp³-hybridized carbons (Fsp3) is 0. The summed E-state index contributed by atoms with van der Waals surface area (Å²) in [6, 6.07) is 0. The molecule has 3 nitrogen and oxygen atoms in total. The van der Waals surface area contributed by atoms with Gasteiger partial charge in [0.05, 0.1) is 24.1 Å². The van der Waals surface area contributed by atoms with E-state index in [1.54, 1.807) is 11.3 Å². The van der Waals surface area contributed by atoms with Crippen LogP contribution in [0, 0.1) is 0 Å². The Labute approximate surface area is 108 Å². The predicted octanol–water partition coefficient (Wildman–Crippen LogP) is 3.72. The zero-order valence-corrected chi connectivity index (χ0v) is 11.8. The van der Waals surface area contributed by atoms with Crippen molar-refractivity contribution in [3.8, 4) is 0 Å². The Kier molecular flexibility index (Phi) is 2.24. The summed E-state index contributed by atoms with van der Waals surface area (Å²) in [7, 11) is 0. The van der Waals surface area contributed by atoms with Crippen molar-refractivity contribution < 1.29 is 0 Å². The zero-order valence-electron chi connectivity index (χ0n) is 7.01. The lowest BCUT2D eigenvalue weighted by Gasteiger charge is -1.88.